The third-order valence-corrected chi connectivity index (χ3v) is 10.6. The van der Waals surface area contributed by atoms with Crippen LogP contribution < -0.4 is 0 Å². The van der Waals surface area contributed by atoms with Crippen LogP contribution in [0.2, 0.25) is 0 Å². The average molecular weight is 718 g/mol. The molecule has 0 atom stereocenters. The van der Waals surface area contributed by atoms with Crippen LogP contribution in [0.5, 0.6) is 0 Å². The van der Waals surface area contributed by atoms with Crippen LogP contribution in [0, 0.1) is 0 Å². The first-order chi connectivity index (χ1) is 27.7. The molecule has 0 saturated heterocycles. The molecule has 5 nitrogen and oxygen atoms in total. The molecular formula is C51H31N3O2. The molecule has 11 rings (SSSR count). The smallest absolute Gasteiger partial charge is 0.160 e. The minimum atomic E-state index is 0.673. The van der Waals surface area contributed by atoms with Crippen LogP contribution >= 0.6 is 0 Å². The molecule has 4 aromatic heterocycles. The highest BCUT2D eigenvalue weighted by molar-refractivity contribution is 6.18. The fourth-order valence-electron chi connectivity index (χ4n) is 7.89. The van der Waals surface area contributed by atoms with Gasteiger partial charge in [-0.05, 0) is 53.6 Å². The Hall–Kier alpha value is -7.63. The van der Waals surface area contributed by atoms with Crippen molar-refractivity contribution in [2.45, 2.75) is 0 Å². The predicted molar refractivity (Wildman–Crippen MR) is 227 cm³/mol. The van der Waals surface area contributed by atoms with Gasteiger partial charge in [0, 0.05) is 61.1 Å². The van der Waals surface area contributed by atoms with E-state index in [2.05, 4.69) is 126 Å². The third kappa shape index (κ3) is 5.37. The van der Waals surface area contributed by atoms with Gasteiger partial charge in [0.15, 0.2) is 5.82 Å². The van der Waals surface area contributed by atoms with E-state index in [1.807, 2.05) is 66.9 Å². The van der Waals surface area contributed by atoms with Gasteiger partial charge in [-0.25, -0.2) is 9.97 Å². The zero-order valence-corrected chi connectivity index (χ0v) is 30.1. The number of rotatable bonds is 6. The van der Waals surface area contributed by atoms with Crippen LogP contribution in [-0.2, 0) is 0 Å². The highest BCUT2D eigenvalue weighted by atomic mass is 16.3. The summed E-state index contributed by atoms with van der Waals surface area (Å²) in [6, 6.07) is 62.4. The number of pyridine rings is 1. The predicted octanol–water partition coefficient (Wildman–Crippen LogP) is 13.7. The van der Waals surface area contributed by atoms with Gasteiger partial charge in [-0.1, -0.05) is 140 Å². The average Bonchev–Trinajstić information content (AvgIpc) is 3.86. The molecule has 262 valence electrons. The van der Waals surface area contributed by atoms with Gasteiger partial charge in [0.1, 0.15) is 22.3 Å². The third-order valence-electron chi connectivity index (χ3n) is 10.6. The Morgan fingerprint density at radius 1 is 0.339 bits per heavy atom. The molecule has 0 fully saturated rings. The van der Waals surface area contributed by atoms with Crippen molar-refractivity contribution in [2.24, 2.45) is 0 Å². The number of fused-ring (bicyclic) bond motifs is 6. The molecule has 0 radical (unpaired) electrons. The Morgan fingerprint density at radius 3 is 1.73 bits per heavy atom. The molecule has 11 aromatic rings. The lowest BCUT2D eigenvalue weighted by Crippen LogP contribution is -1.96. The minimum Gasteiger partial charge on any atom is -0.455 e. The summed E-state index contributed by atoms with van der Waals surface area (Å²) in [5.41, 5.74) is 14.2. The van der Waals surface area contributed by atoms with Crippen LogP contribution in [0.4, 0.5) is 0 Å². The monoisotopic (exact) mass is 717 g/mol. The second kappa shape index (κ2) is 13.0. The van der Waals surface area contributed by atoms with Crippen LogP contribution in [-0.4, -0.2) is 15.0 Å². The van der Waals surface area contributed by atoms with Gasteiger partial charge >= 0.3 is 0 Å². The minimum absolute atomic E-state index is 0.673. The van der Waals surface area contributed by atoms with E-state index in [0.717, 1.165) is 105 Å². The second-order valence-electron chi connectivity index (χ2n) is 13.9. The number of aromatic nitrogens is 3. The summed E-state index contributed by atoms with van der Waals surface area (Å²) in [7, 11) is 0. The number of nitrogens with zero attached hydrogens (tertiary/aromatic N) is 3. The van der Waals surface area contributed by atoms with Crippen molar-refractivity contribution in [3.63, 3.8) is 0 Å². The van der Waals surface area contributed by atoms with Crippen LogP contribution in [0.1, 0.15) is 0 Å². The molecule has 5 heteroatoms. The van der Waals surface area contributed by atoms with Gasteiger partial charge in [0.25, 0.3) is 0 Å². The Kier molecular flexibility index (Phi) is 7.42. The zero-order valence-electron chi connectivity index (χ0n) is 30.1. The van der Waals surface area contributed by atoms with Crippen molar-refractivity contribution in [2.75, 3.05) is 0 Å². The van der Waals surface area contributed by atoms with E-state index < -0.39 is 0 Å². The van der Waals surface area contributed by atoms with Crippen molar-refractivity contribution in [3.8, 4) is 67.4 Å². The molecule has 7 aromatic carbocycles. The SMILES string of the molecule is c1ccc(-c2nc(-c3ccc(-c4ccc(-c5cccc6c5oc5ccccc56)c5oc6ccccc6c45)cc3)cc(-c3cccc(-c4ccccn4)c3)n2)cc1. The first-order valence-electron chi connectivity index (χ1n) is 18.7. The van der Waals surface area contributed by atoms with E-state index >= 15 is 0 Å². The largest absolute Gasteiger partial charge is 0.455 e. The summed E-state index contributed by atoms with van der Waals surface area (Å²) >= 11 is 0. The summed E-state index contributed by atoms with van der Waals surface area (Å²) in [6.07, 6.45) is 1.82. The molecule has 56 heavy (non-hydrogen) atoms. The van der Waals surface area contributed by atoms with E-state index in [-0.39, 0.29) is 0 Å². The highest BCUT2D eigenvalue weighted by Gasteiger charge is 2.21. The van der Waals surface area contributed by atoms with E-state index in [4.69, 9.17) is 18.8 Å². The number of furan rings is 2. The lowest BCUT2D eigenvalue weighted by atomic mass is 9.93. The maximum atomic E-state index is 6.70. The lowest BCUT2D eigenvalue weighted by molar-refractivity contribution is 0.665. The number of hydrogen-bond acceptors (Lipinski definition) is 5. The fourth-order valence-corrected chi connectivity index (χ4v) is 7.89. The Morgan fingerprint density at radius 2 is 0.929 bits per heavy atom. The van der Waals surface area contributed by atoms with Crippen molar-refractivity contribution < 1.29 is 8.83 Å². The summed E-state index contributed by atoms with van der Waals surface area (Å²) in [5, 5.41) is 4.33. The molecule has 0 aliphatic carbocycles. The van der Waals surface area contributed by atoms with Crippen molar-refractivity contribution in [3.05, 3.63) is 188 Å². The zero-order chi connectivity index (χ0) is 37.0. The van der Waals surface area contributed by atoms with Crippen molar-refractivity contribution in [1.29, 1.82) is 0 Å². The second-order valence-corrected chi connectivity index (χ2v) is 13.9. The molecule has 0 aliphatic rings. The Bertz CT molecular complexity index is 3240. The summed E-state index contributed by atoms with van der Waals surface area (Å²) in [4.78, 5) is 14.8. The van der Waals surface area contributed by atoms with E-state index in [1.54, 1.807) is 0 Å². The number of hydrogen-bond donors (Lipinski definition) is 0. The quantitative estimate of drug-likeness (QED) is 0.171. The maximum absolute atomic E-state index is 6.70. The van der Waals surface area contributed by atoms with Gasteiger partial charge in [-0.3, -0.25) is 4.98 Å². The molecule has 0 amide bonds. The van der Waals surface area contributed by atoms with E-state index in [9.17, 15) is 0 Å². The van der Waals surface area contributed by atoms with Crippen LogP contribution in [0.25, 0.3) is 111 Å². The van der Waals surface area contributed by atoms with Crippen molar-refractivity contribution >= 4 is 43.9 Å². The fraction of sp³-hybridized carbons (Fsp3) is 0. The van der Waals surface area contributed by atoms with Gasteiger partial charge in [-0.15, -0.1) is 0 Å². The number of benzene rings is 7. The topological polar surface area (TPSA) is 65.0 Å². The molecule has 0 unspecified atom stereocenters. The van der Waals surface area contributed by atoms with Crippen LogP contribution in [0.3, 0.4) is 0 Å². The molecular weight excluding hydrogens is 687 g/mol. The van der Waals surface area contributed by atoms with Crippen molar-refractivity contribution in [1.82, 2.24) is 15.0 Å². The normalized spacial score (nSPS) is 11.6. The standard InChI is InChI=1S/C51H31N3O2/c1-2-12-34(13-3-1)51-53-44(31-45(54-51)36-15-10-14-35(30-36)43-20-8-9-29-52-43)33-25-23-32(24-26-33)37-27-28-41(50-48(37)42-17-5-7-22-47(42)56-50)40-19-11-18-39-38-16-4-6-21-46(38)55-49(39)40/h1-31H. The summed E-state index contributed by atoms with van der Waals surface area (Å²) in [5.74, 6) is 0.673. The first-order valence-corrected chi connectivity index (χ1v) is 18.7. The van der Waals surface area contributed by atoms with Gasteiger partial charge in [0.05, 0.1) is 17.1 Å². The van der Waals surface area contributed by atoms with Gasteiger partial charge in [-0.2, -0.15) is 0 Å². The lowest BCUT2D eigenvalue weighted by Gasteiger charge is -2.12. The maximum Gasteiger partial charge on any atom is 0.160 e. The molecule has 0 saturated carbocycles. The Balaban J connectivity index is 1.04. The molecule has 0 N–H and O–H groups in total. The van der Waals surface area contributed by atoms with Gasteiger partial charge < -0.3 is 8.83 Å². The molecule has 0 bridgehead atoms. The molecule has 4 heterocycles. The van der Waals surface area contributed by atoms with E-state index in [0.29, 0.717) is 5.82 Å². The van der Waals surface area contributed by atoms with Crippen LogP contribution in [0.15, 0.2) is 197 Å². The van der Waals surface area contributed by atoms with E-state index in [1.165, 1.54) is 0 Å². The van der Waals surface area contributed by atoms with Gasteiger partial charge in [0.2, 0.25) is 0 Å². The summed E-state index contributed by atoms with van der Waals surface area (Å²) in [6.45, 7) is 0. The Labute approximate surface area is 322 Å². The first kappa shape index (κ1) is 31.9. The molecule has 0 spiro atoms. The molecule has 0 aliphatic heterocycles. The number of para-hydroxylation sites is 3. The summed E-state index contributed by atoms with van der Waals surface area (Å²) < 4.78 is 13.2. The highest BCUT2D eigenvalue weighted by Crippen LogP contribution is 2.45.